The minimum Gasteiger partial charge on any atom is -0.468 e. The molecule has 11 nitrogen and oxygen atoms in total. The Kier molecular flexibility index (Phi) is 11.5. The topological polar surface area (TPSA) is 135 Å². The molecule has 0 saturated carbocycles. The molecule has 0 aromatic carbocycles. The number of hydrogen-bond donors (Lipinski definition) is 3. The monoisotopic (exact) mass is 501 g/mol. The fourth-order valence-electron chi connectivity index (χ4n) is 3.81. The second-order valence-electron chi connectivity index (χ2n) is 8.62. The van der Waals surface area contributed by atoms with E-state index >= 15 is 0 Å². The number of hydrogen-bond acceptors (Lipinski definition) is 11. The summed E-state index contributed by atoms with van der Waals surface area (Å²) in [5, 5.41) is 22.2. The Hall–Kier alpha value is -1.48. The Balaban J connectivity index is 2.36. The molecule has 194 valence electrons. The molecule has 0 aromatic rings. The van der Waals surface area contributed by atoms with Crippen molar-refractivity contribution in [2.75, 3.05) is 26.9 Å². The molecule has 2 heterocycles. The van der Waals surface area contributed by atoms with E-state index in [4.69, 9.17) is 34.3 Å². The molecule has 2 rings (SSSR count). The van der Waals surface area contributed by atoms with Gasteiger partial charge in [-0.1, -0.05) is 0 Å². The third kappa shape index (κ3) is 7.03. The zero-order chi connectivity index (χ0) is 25.4. The predicted octanol–water partition coefficient (Wildman–Crippen LogP) is 2.27. The van der Waals surface area contributed by atoms with Gasteiger partial charge < -0.3 is 39.0 Å². The number of aliphatic hydroxyl groups excluding tert-OH is 1. The van der Waals surface area contributed by atoms with E-state index in [-0.39, 0.29) is 25.1 Å². The van der Waals surface area contributed by atoms with E-state index in [2.05, 4.69) is 43.8 Å². The lowest BCUT2D eigenvalue weighted by atomic mass is 10.2. The Morgan fingerprint density at radius 2 is 1.97 bits per heavy atom. The summed E-state index contributed by atoms with van der Waals surface area (Å²) < 4.78 is 32.6. The summed E-state index contributed by atoms with van der Waals surface area (Å²) >= 11 is 0. The van der Waals surface area contributed by atoms with Crippen LogP contribution in [0.4, 0.5) is 0 Å². The molecule has 4 unspecified atom stereocenters. The number of methoxy groups -OCH3 is 1. The van der Waals surface area contributed by atoms with Crippen molar-refractivity contribution >= 4 is 8.53 Å². The molecular formula is C22H40N5O6P. The van der Waals surface area contributed by atoms with Gasteiger partial charge in [0.2, 0.25) is 6.23 Å². The number of nitriles is 1. The summed E-state index contributed by atoms with van der Waals surface area (Å²) in [5.41, 5.74) is 6.44. The van der Waals surface area contributed by atoms with Gasteiger partial charge in [0.15, 0.2) is 18.2 Å². The Labute approximate surface area is 204 Å². The standard InChI is InChI=1S/C22H40N5O6P/c1-14(2)27(15(3)4)34(31-11-8-9-23)33-18-17(6)32-21(19(18)30-12-10-24)26-13-16(5)20(28)25-22(26)29-7/h13-15,19-22,25,28H,8,10-12,24H2,1-7H3/t19?,20?,21-,22?,34?/m1/s1. The van der Waals surface area contributed by atoms with Gasteiger partial charge in [-0.25, -0.2) is 9.99 Å². The van der Waals surface area contributed by atoms with Gasteiger partial charge in [-0.05, 0) is 47.1 Å². The smallest absolute Gasteiger partial charge is 0.321 e. The maximum atomic E-state index is 10.2. The number of aliphatic hydroxyl groups is 1. The lowest BCUT2D eigenvalue weighted by Crippen LogP contribution is -2.58. The predicted molar refractivity (Wildman–Crippen MR) is 128 cm³/mol. The summed E-state index contributed by atoms with van der Waals surface area (Å²) in [6, 6.07) is 2.40. The van der Waals surface area contributed by atoms with Crippen molar-refractivity contribution in [1.29, 1.82) is 5.26 Å². The van der Waals surface area contributed by atoms with Gasteiger partial charge in [0, 0.05) is 31.9 Å². The maximum absolute atomic E-state index is 10.2. The lowest BCUT2D eigenvalue weighted by Gasteiger charge is -2.41. The molecular weight excluding hydrogens is 461 g/mol. The van der Waals surface area contributed by atoms with Gasteiger partial charge in [0.05, 0.1) is 25.7 Å². The first-order valence-corrected chi connectivity index (χ1v) is 12.7. The summed E-state index contributed by atoms with van der Waals surface area (Å²) in [7, 11) is -0.00737. The van der Waals surface area contributed by atoms with Crippen LogP contribution >= 0.6 is 8.53 Å². The van der Waals surface area contributed by atoms with Crippen LogP contribution in [0.15, 0.2) is 23.3 Å². The largest absolute Gasteiger partial charge is 0.468 e. The van der Waals surface area contributed by atoms with Crippen LogP contribution in [0.25, 0.3) is 0 Å². The van der Waals surface area contributed by atoms with Crippen LogP contribution in [0, 0.1) is 11.3 Å². The van der Waals surface area contributed by atoms with Crippen molar-refractivity contribution in [3.63, 3.8) is 0 Å². The molecule has 0 aliphatic carbocycles. The highest BCUT2D eigenvalue weighted by atomic mass is 31.2. The van der Waals surface area contributed by atoms with E-state index in [1.807, 2.05) is 18.7 Å². The van der Waals surface area contributed by atoms with E-state index in [9.17, 15) is 5.11 Å². The van der Waals surface area contributed by atoms with Crippen LogP contribution in [-0.4, -0.2) is 78.5 Å². The third-order valence-corrected chi connectivity index (χ3v) is 7.35. The van der Waals surface area contributed by atoms with Crippen molar-refractivity contribution in [2.45, 2.75) is 85.0 Å². The van der Waals surface area contributed by atoms with Crippen LogP contribution in [0.5, 0.6) is 0 Å². The first-order chi connectivity index (χ1) is 16.2. The molecule has 12 heteroatoms. The molecule has 0 aromatic heterocycles. The van der Waals surface area contributed by atoms with Gasteiger partial charge in [-0.15, -0.1) is 0 Å². The minimum atomic E-state index is -1.55. The van der Waals surface area contributed by atoms with Gasteiger partial charge in [-0.2, -0.15) is 5.26 Å². The molecule has 0 saturated heterocycles. The molecule has 2 aliphatic heterocycles. The van der Waals surface area contributed by atoms with Crippen LogP contribution in [0.2, 0.25) is 0 Å². The number of nitrogens with zero attached hydrogens (tertiary/aromatic N) is 3. The van der Waals surface area contributed by atoms with Crippen LogP contribution in [0.3, 0.4) is 0 Å². The Morgan fingerprint density at radius 3 is 2.53 bits per heavy atom. The van der Waals surface area contributed by atoms with Gasteiger partial charge >= 0.3 is 8.53 Å². The molecule has 5 atom stereocenters. The zero-order valence-electron chi connectivity index (χ0n) is 21.2. The fraction of sp³-hybridized carbons (Fsp3) is 0.773. The third-order valence-electron chi connectivity index (χ3n) is 5.29. The molecule has 0 bridgehead atoms. The van der Waals surface area contributed by atoms with Gasteiger partial charge in [-0.3, -0.25) is 0 Å². The number of ether oxygens (including phenoxy) is 3. The van der Waals surface area contributed by atoms with Crippen LogP contribution in [-0.2, 0) is 23.3 Å². The molecule has 0 radical (unpaired) electrons. The van der Waals surface area contributed by atoms with Crippen LogP contribution in [0.1, 0.15) is 48.0 Å². The van der Waals surface area contributed by atoms with E-state index in [1.165, 1.54) is 0 Å². The van der Waals surface area contributed by atoms with Crippen molar-refractivity contribution in [3.05, 3.63) is 23.3 Å². The lowest BCUT2D eigenvalue weighted by molar-refractivity contribution is -0.161. The molecule has 4 N–H and O–H groups in total. The zero-order valence-corrected chi connectivity index (χ0v) is 22.1. The van der Waals surface area contributed by atoms with E-state index < -0.39 is 33.4 Å². The fourth-order valence-corrected chi connectivity index (χ4v) is 5.49. The van der Waals surface area contributed by atoms with Crippen molar-refractivity contribution in [2.24, 2.45) is 5.73 Å². The summed E-state index contributed by atoms with van der Waals surface area (Å²) in [6.45, 7) is 12.8. The molecule has 0 spiro atoms. The minimum absolute atomic E-state index is 0.145. The second kappa shape index (κ2) is 13.6. The first-order valence-electron chi connectivity index (χ1n) is 11.5. The van der Waals surface area contributed by atoms with Crippen molar-refractivity contribution < 1.29 is 28.4 Å². The highest BCUT2D eigenvalue weighted by Crippen LogP contribution is 2.50. The quantitative estimate of drug-likeness (QED) is 0.253. The number of allylic oxidation sites excluding steroid dienone is 1. The van der Waals surface area contributed by atoms with E-state index in [0.717, 1.165) is 0 Å². The first kappa shape index (κ1) is 28.8. The van der Waals surface area contributed by atoms with Gasteiger partial charge in [0.1, 0.15) is 12.0 Å². The summed E-state index contributed by atoms with van der Waals surface area (Å²) in [5.74, 6) is 1.07. The average Bonchev–Trinajstić information content (AvgIpc) is 3.08. The summed E-state index contributed by atoms with van der Waals surface area (Å²) in [4.78, 5) is 1.81. The molecule has 2 aliphatic rings. The summed E-state index contributed by atoms with van der Waals surface area (Å²) in [6.07, 6.45) is -0.663. The number of rotatable bonds is 13. The molecule has 0 fully saturated rings. The Bertz CT molecular complexity index is 751. The van der Waals surface area contributed by atoms with Crippen LogP contribution < -0.4 is 11.1 Å². The second-order valence-corrected chi connectivity index (χ2v) is 10.0. The number of nitrogens with one attached hydrogen (secondary N) is 1. The highest BCUT2D eigenvalue weighted by Gasteiger charge is 2.46. The SMILES string of the molecule is COC1NC(O)C(C)=CN1[C@@H]1OC(C)=C(OP(OCCC#N)N(C(C)C)C(C)C)C1OCCN. The highest BCUT2D eigenvalue weighted by molar-refractivity contribution is 7.44. The number of nitrogens with two attached hydrogens (primary N) is 1. The molecule has 0 amide bonds. The van der Waals surface area contributed by atoms with Crippen molar-refractivity contribution in [1.82, 2.24) is 14.9 Å². The van der Waals surface area contributed by atoms with Gasteiger partial charge in [0.25, 0.3) is 0 Å². The Morgan fingerprint density at radius 1 is 1.29 bits per heavy atom. The molecule has 34 heavy (non-hydrogen) atoms. The van der Waals surface area contributed by atoms with E-state index in [0.29, 0.717) is 30.2 Å². The average molecular weight is 502 g/mol. The maximum Gasteiger partial charge on any atom is 0.321 e. The van der Waals surface area contributed by atoms with Crippen molar-refractivity contribution in [3.8, 4) is 6.07 Å². The normalized spacial score (nSPS) is 26.2. The van der Waals surface area contributed by atoms with E-state index in [1.54, 1.807) is 13.3 Å².